The lowest BCUT2D eigenvalue weighted by atomic mass is 9.97. The number of hydrogen-bond acceptors (Lipinski definition) is 4. The van der Waals surface area contributed by atoms with Crippen LogP contribution in [0.15, 0.2) is 36.7 Å². The van der Waals surface area contributed by atoms with Crippen LogP contribution in [0.25, 0.3) is 16.7 Å². The molecule has 32 heavy (non-hydrogen) atoms. The molecular weight excluding hydrogens is 441 g/mol. The SMILES string of the molecule is Cc1cc(N2CCC[C@@]2(C)c2nc3cc(C(F)(F)F)c(Cl)cc3[nH]2)c(-n2cccn2)[c]n1. The van der Waals surface area contributed by atoms with Gasteiger partial charge in [-0.05, 0) is 51.0 Å². The first-order valence-corrected chi connectivity index (χ1v) is 10.5. The predicted octanol–water partition coefficient (Wildman–Crippen LogP) is 5.44. The first-order valence-electron chi connectivity index (χ1n) is 10.1. The van der Waals surface area contributed by atoms with Crippen LogP contribution >= 0.6 is 11.6 Å². The van der Waals surface area contributed by atoms with Crippen molar-refractivity contribution >= 4 is 28.3 Å². The zero-order chi connectivity index (χ0) is 22.7. The van der Waals surface area contributed by atoms with Crippen molar-refractivity contribution in [2.45, 2.75) is 38.4 Å². The van der Waals surface area contributed by atoms with Gasteiger partial charge in [-0.25, -0.2) is 14.6 Å². The largest absolute Gasteiger partial charge is 0.417 e. The highest BCUT2D eigenvalue weighted by atomic mass is 35.5. The van der Waals surface area contributed by atoms with E-state index in [9.17, 15) is 13.2 Å². The van der Waals surface area contributed by atoms with Gasteiger partial charge in [-0.15, -0.1) is 0 Å². The maximum Gasteiger partial charge on any atom is 0.417 e. The molecule has 0 amide bonds. The molecule has 1 atom stereocenters. The summed E-state index contributed by atoms with van der Waals surface area (Å²) in [6.45, 7) is 4.67. The molecule has 4 heterocycles. The van der Waals surface area contributed by atoms with E-state index in [2.05, 4.69) is 31.1 Å². The van der Waals surface area contributed by atoms with Crippen LogP contribution in [0.4, 0.5) is 18.9 Å². The van der Waals surface area contributed by atoms with Gasteiger partial charge >= 0.3 is 6.18 Å². The van der Waals surface area contributed by atoms with Crippen LogP contribution in [-0.2, 0) is 11.7 Å². The number of aryl methyl sites for hydroxylation is 1. The number of imidazole rings is 1. The number of hydrogen-bond donors (Lipinski definition) is 1. The molecule has 1 aliphatic heterocycles. The highest BCUT2D eigenvalue weighted by molar-refractivity contribution is 6.32. The lowest BCUT2D eigenvalue weighted by Gasteiger charge is -2.36. The van der Waals surface area contributed by atoms with Crippen molar-refractivity contribution in [3.05, 3.63) is 65.0 Å². The van der Waals surface area contributed by atoms with Crippen LogP contribution in [0.5, 0.6) is 0 Å². The average Bonchev–Trinajstić information content (AvgIpc) is 3.46. The van der Waals surface area contributed by atoms with Gasteiger partial charge in [0.25, 0.3) is 0 Å². The minimum Gasteiger partial charge on any atom is -0.357 e. The first kappa shape index (κ1) is 20.8. The van der Waals surface area contributed by atoms with E-state index in [1.54, 1.807) is 10.9 Å². The number of rotatable bonds is 3. The lowest BCUT2D eigenvalue weighted by Crippen LogP contribution is -2.40. The van der Waals surface area contributed by atoms with Crippen LogP contribution < -0.4 is 4.90 Å². The number of anilines is 1. The summed E-state index contributed by atoms with van der Waals surface area (Å²) in [6.07, 6.45) is 3.69. The molecule has 1 aliphatic rings. The minimum absolute atomic E-state index is 0.231. The number of alkyl halides is 3. The van der Waals surface area contributed by atoms with Crippen LogP contribution in [0.1, 0.15) is 36.8 Å². The van der Waals surface area contributed by atoms with Gasteiger partial charge in [0.05, 0.1) is 32.8 Å². The Balaban J connectivity index is 1.63. The van der Waals surface area contributed by atoms with Crippen molar-refractivity contribution in [2.24, 2.45) is 0 Å². The summed E-state index contributed by atoms with van der Waals surface area (Å²) in [6, 6.07) is 6.08. The molecule has 0 saturated carbocycles. The molecule has 1 radical (unpaired) electrons. The van der Waals surface area contributed by atoms with Crippen molar-refractivity contribution in [3.63, 3.8) is 0 Å². The van der Waals surface area contributed by atoms with Crippen LogP contribution in [0.2, 0.25) is 5.02 Å². The molecular formula is C22H19ClF3N6. The van der Waals surface area contributed by atoms with Gasteiger partial charge in [0.2, 0.25) is 0 Å². The van der Waals surface area contributed by atoms with Gasteiger partial charge in [0.15, 0.2) is 0 Å². The molecule has 3 aromatic heterocycles. The Labute approximate surface area is 187 Å². The molecule has 0 aliphatic carbocycles. The van der Waals surface area contributed by atoms with Gasteiger partial charge in [0, 0.05) is 24.6 Å². The number of fused-ring (bicyclic) bond motifs is 1. The number of nitrogens with one attached hydrogen (secondary N) is 1. The van der Waals surface area contributed by atoms with Crippen LogP contribution in [0.3, 0.4) is 0 Å². The third kappa shape index (κ3) is 3.31. The highest BCUT2D eigenvalue weighted by Crippen LogP contribution is 2.44. The molecule has 5 rings (SSSR count). The van der Waals surface area contributed by atoms with Crippen molar-refractivity contribution in [2.75, 3.05) is 11.4 Å². The summed E-state index contributed by atoms with van der Waals surface area (Å²) < 4.78 is 41.6. The summed E-state index contributed by atoms with van der Waals surface area (Å²) in [7, 11) is 0. The zero-order valence-corrected chi connectivity index (χ0v) is 18.1. The van der Waals surface area contributed by atoms with E-state index < -0.39 is 17.3 Å². The first-order chi connectivity index (χ1) is 15.2. The van der Waals surface area contributed by atoms with Gasteiger partial charge in [-0.2, -0.15) is 18.3 Å². The smallest absolute Gasteiger partial charge is 0.357 e. The van der Waals surface area contributed by atoms with Gasteiger partial charge in [-0.3, -0.25) is 0 Å². The van der Waals surface area contributed by atoms with E-state index in [0.29, 0.717) is 17.0 Å². The standard InChI is InChI=1S/C22H19ClF3N6/c1-13-9-18(19(12-27-13)32-8-4-6-28-32)31-7-3-5-21(31,2)20-29-16-10-14(22(24,25)26)15(23)11-17(16)30-20/h4,6,8-11H,3,5,7H2,1-2H3,(H,29,30)/t21-/m0/s1. The Morgan fingerprint density at radius 1 is 1.25 bits per heavy atom. The number of halogens is 4. The molecule has 165 valence electrons. The van der Waals surface area contributed by atoms with E-state index in [4.69, 9.17) is 11.6 Å². The fraction of sp³-hybridized carbons (Fsp3) is 0.318. The second-order valence-electron chi connectivity index (χ2n) is 8.16. The number of aromatic nitrogens is 5. The van der Waals surface area contributed by atoms with Crippen molar-refractivity contribution in [1.29, 1.82) is 0 Å². The Morgan fingerprint density at radius 2 is 2.06 bits per heavy atom. The molecule has 4 aromatic rings. The summed E-state index contributed by atoms with van der Waals surface area (Å²) in [5.41, 5.74) is 1.62. The molecule has 1 saturated heterocycles. The fourth-order valence-electron chi connectivity index (χ4n) is 4.37. The number of pyridine rings is 1. The highest BCUT2D eigenvalue weighted by Gasteiger charge is 2.42. The van der Waals surface area contributed by atoms with E-state index in [1.165, 1.54) is 6.07 Å². The quantitative estimate of drug-likeness (QED) is 0.443. The Hall–Kier alpha value is -3.07. The van der Waals surface area contributed by atoms with E-state index in [0.717, 1.165) is 36.8 Å². The van der Waals surface area contributed by atoms with E-state index in [-0.39, 0.29) is 10.5 Å². The van der Waals surface area contributed by atoms with E-state index in [1.807, 2.05) is 32.2 Å². The molecule has 6 nitrogen and oxygen atoms in total. The molecule has 1 aromatic carbocycles. The van der Waals surface area contributed by atoms with Crippen molar-refractivity contribution in [1.82, 2.24) is 24.7 Å². The van der Waals surface area contributed by atoms with Gasteiger partial charge in [0.1, 0.15) is 17.7 Å². The van der Waals surface area contributed by atoms with Crippen LogP contribution in [-0.4, -0.2) is 31.3 Å². The van der Waals surface area contributed by atoms with Gasteiger partial charge < -0.3 is 9.88 Å². The number of benzene rings is 1. The lowest BCUT2D eigenvalue weighted by molar-refractivity contribution is -0.137. The second kappa shape index (κ2) is 7.23. The Morgan fingerprint density at radius 3 is 2.78 bits per heavy atom. The van der Waals surface area contributed by atoms with Gasteiger partial charge in [-0.1, -0.05) is 11.6 Å². The summed E-state index contributed by atoms with van der Waals surface area (Å²) in [4.78, 5) is 14.3. The second-order valence-corrected chi connectivity index (χ2v) is 8.56. The topological polar surface area (TPSA) is 62.6 Å². The third-order valence-corrected chi connectivity index (χ3v) is 6.29. The Kier molecular flexibility index (Phi) is 4.70. The zero-order valence-electron chi connectivity index (χ0n) is 17.3. The van der Waals surface area contributed by atoms with Crippen molar-refractivity contribution < 1.29 is 13.2 Å². The molecule has 0 unspecified atom stereocenters. The maximum atomic E-state index is 13.3. The number of aromatic amines is 1. The Bertz CT molecular complexity index is 1300. The minimum atomic E-state index is -4.54. The summed E-state index contributed by atoms with van der Waals surface area (Å²) in [5, 5.41) is 3.97. The van der Waals surface area contributed by atoms with Crippen LogP contribution in [0, 0.1) is 13.1 Å². The molecule has 1 fully saturated rings. The third-order valence-electron chi connectivity index (χ3n) is 5.98. The monoisotopic (exact) mass is 459 g/mol. The normalized spacial score (nSPS) is 19.2. The molecule has 0 spiro atoms. The van der Waals surface area contributed by atoms with Crippen molar-refractivity contribution in [3.8, 4) is 5.69 Å². The summed E-state index contributed by atoms with van der Waals surface area (Å²) >= 11 is 5.91. The molecule has 10 heteroatoms. The molecule has 1 N–H and O–H groups in total. The number of nitrogens with zero attached hydrogens (tertiary/aromatic N) is 5. The summed E-state index contributed by atoms with van der Waals surface area (Å²) in [5.74, 6) is 0.585. The van der Waals surface area contributed by atoms with E-state index >= 15 is 0 Å². The molecule has 0 bridgehead atoms. The number of H-pyrrole nitrogens is 1. The predicted molar refractivity (Wildman–Crippen MR) is 115 cm³/mol. The fourth-order valence-corrected chi connectivity index (χ4v) is 4.64. The average molecular weight is 460 g/mol. The maximum absolute atomic E-state index is 13.3.